The average Bonchev–Trinajstić information content (AvgIpc) is 2.98. The molecule has 0 aliphatic heterocycles. The van der Waals surface area contributed by atoms with Crippen molar-refractivity contribution < 1.29 is 0 Å². The maximum Gasteiger partial charge on any atom is 0.131 e. The van der Waals surface area contributed by atoms with Gasteiger partial charge in [-0.15, -0.1) is 23.1 Å². The van der Waals surface area contributed by atoms with E-state index in [4.69, 9.17) is 11.0 Å². The van der Waals surface area contributed by atoms with Gasteiger partial charge in [-0.05, 0) is 31.6 Å². The molecule has 2 aromatic heterocycles. The molecule has 0 aliphatic carbocycles. The Hall–Kier alpha value is -1.65. The molecule has 2 heterocycles. The third-order valence-corrected chi connectivity index (χ3v) is 5.08. The summed E-state index contributed by atoms with van der Waals surface area (Å²) in [6, 6.07) is 2.14. The molecule has 106 valence electrons. The molecule has 0 saturated heterocycles. The Morgan fingerprint density at radius 1 is 1.60 bits per heavy atom. The first-order valence-electron chi connectivity index (χ1n) is 6.26. The number of hydrogen-bond acceptors (Lipinski definition) is 6. The number of H-pyrrole nitrogens is 1. The standard InChI is InChI=1S/C13H17N5S2/c1-8-9(7-17-18-8)4-3-5-16-13-12(19-2)11(15)10(6-14)20-13/h7,16H,3-5,15H2,1-2H3,(H,17,18). The van der Waals surface area contributed by atoms with E-state index >= 15 is 0 Å². The number of hydrogen-bond donors (Lipinski definition) is 3. The van der Waals surface area contributed by atoms with E-state index in [1.54, 1.807) is 11.8 Å². The zero-order chi connectivity index (χ0) is 14.5. The molecule has 0 radical (unpaired) electrons. The van der Waals surface area contributed by atoms with Gasteiger partial charge in [0.1, 0.15) is 15.9 Å². The van der Waals surface area contributed by atoms with Crippen LogP contribution in [0.15, 0.2) is 11.1 Å². The number of nitrogen functional groups attached to an aromatic ring is 1. The molecule has 0 amide bonds. The fraction of sp³-hybridized carbons (Fsp3) is 0.385. The molecule has 0 unspecified atom stereocenters. The van der Waals surface area contributed by atoms with E-state index < -0.39 is 0 Å². The molecule has 0 spiro atoms. The van der Waals surface area contributed by atoms with Crippen LogP contribution < -0.4 is 11.1 Å². The number of nitrogens with one attached hydrogen (secondary N) is 2. The maximum atomic E-state index is 9.01. The van der Waals surface area contributed by atoms with Gasteiger partial charge in [0, 0.05) is 12.2 Å². The first-order valence-corrected chi connectivity index (χ1v) is 8.30. The molecule has 2 rings (SSSR count). The highest BCUT2D eigenvalue weighted by Crippen LogP contribution is 2.41. The van der Waals surface area contributed by atoms with Crippen LogP contribution in [0.3, 0.4) is 0 Å². The lowest BCUT2D eigenvalue weighted by molar-refractivity contribution is 0.857. The fourth-order valence-corrected chi connectivity index (χ4v) is 3.80. The van der Waals surface area contributed by atoms with Gasteiger partial charge in [0.05, 0.1) is 16.8 Å². The molecule has 0 saturated carbocycles. The van der Waals surface area contributed by atoms with Crippen LogP contribution in [0.5, 0.6) is 0 Å². The molecule has 0 atom stereocenters. The number of aryl methyl sites for hydroxylation is 2. The zero-order valence-electron chi connectivity index (χ0n) is 11.5. The van der Waals surface area contributed by atoms with Crippen LogP contribution in [0.1, 0.15) is 22.6 Å². The van der Waals surface area contributed by atoms with Crippen LogP contribution in [-0.4, -0.2) is 23.0 Å². The second-order valence-electron chi connectivity index (χ2n) is 4.37. The Morgan fingerprint density at radius 3 is 3.00 bits per heavy atom. The fourth-order valence-electron chi connectivity index (χ4n) is 1.94. The van der Waals surface area contributed by atoms with Gasteiger partial charge in [0.25, 0.3) is 0 Å². The van der Waals surface area contributed by atoms with Crippen molar-refractivity contribution in [2.75, 3.05) is 23.9 Å². The summed E-state index contributed by atoms with van der Waals surface area (Å²) in [5, 5.41) is 20.3. The minimum atomic E-state index is 0.586. The largest absolute Gasteiger partial charge is 0.396 e. The monoisotopic (exact) mass is 307 g/mol. The Balaban J connectivity index is 1.91. The number of aromatic nitrogens is 2. The normalized spacial score (nSPS) is 10.4. The van der Waals surface area contributed by atoms with Gasteiger partial charge in [0.15, 0.2) is 0 Å². The smallest absolute Gasteiger partial charge is 0.131 e. The van der Waals surface area contributed by atoms with Crippen molar-refractivity contribution in [3.63, 3.8) is 0 Å². The van der Waals surface area contributed by atoms with E-state index in [1.807, 2.05) is 19.4 Å². The van der Waals surface area contributed by atoms with Crippen molar-refractivity contribution in [2.24, 2.45) is 0 Å². The van der Waals surface area contributed by atoms with Crippen molar-refractivity contribution >= 4 is 33.8 Å². The van der Waals surface area contributed by atoms with Crippen molar-refractivity contribution in [1.82, 2.24) is 10.2 Å². The third-order valence-electron chi connectivity index (χ3n) is 3.05. The van der Waals surface area contributed by atoms with Gasteiger partial charge in [-0.3, -0.25) is 5.10 Å². The second kappa shape index (κ2) is 6.68. The summed E-state index contributed by atoms with van der Waals surface area (Å²) >= 11 is 3.00. The molecule has 0 fully saturated rings. The van der Waals surface area contributed by atoms with Gasteiger partial charge in [0.2, 0.25) is 0 Å². The van der Waals surface area contributed by atoms with Gasteiger partial charge in [-0.1, -0.05) is 0 Å². The maximum absolute atomic E-state index is 9.01. The summed E-state index contributed by atoms with van der Waals surface area (Å²) < 4.78 is 0. The molecule has 4 N–H and O–H groups in total. The van der Waals surface area contributed by atoms with Crippen molar-refractivity contribution in [2.45, 2.75) is 24.7 Å². The van der Waals surface area contributed by atoms with Crippen LogP contribution in [0.25, 0.3) is 0 Å². The van der Waals surface area contributed by atoms with Crippen LogP contribution in [0.4, 0.5) is 10.7 Å². The van der Waals surface area contributed by atoms with Crippen LogP contribution in [0.2, 0.25) is 0 Å². The topological polar surface area (TPSA) is 90.5 Å². The first kappa shape index (κ1) is 14.8. The Kier molecular flexibility index (Phi) is 4.93. The number of aromatic amines is 1. The summed E-state index contributed by atoms with van der Waals surface area (Å²) in [6.45, 7) is 2.88. The van der Waals surface area contributed by atoms with E-state index in [1.165, 1.54) is 16.9 Å². The molecule has 5 nitrogen and oxygen atoms in total. The highest BCUT2D eigenvalue weighted by Gasteiger charge is 2.14. The van der Waals surface area contributed by atoms with Gasteiger partial charge >= 0.3 is 0 Å². The number of rotatable bonds is 6. The van der Waals surface area contributed by atoms with E-state index in [9.17, 15) is 0 Å². The number of thioether (sulfide) groups is 1. The molecule has 20 heavy (non-hydrogen) atoms. The second-order valence-corrected chi connectivity index (χ2v) is 6.21. The van der Waals surface area contributed by atoms with Crippen LogP contribution in [-0.2, 0) is 6.42 Å². The number of anilines is 2. The minimum absolute atomic E-state index is 0.586. The van der Waals surface area contributed by atoms with Gasteiger partial charge in [-0.2, -0.15) is 10.4 Å². The molecule has 0 aliphatic rings. The number of nitriles is 1. The number of nitrogens with zero attached hydrogens (tertiary/aromatic N) is 2. The summed E-state index contributed by atoms with van der Waals surface area (Å²) in [5.41, 5.74) is 8.91. The zero-order valence-corrected chi connectivity index (χ0v) is 13.1. The van der Waals surface area contributed by atoms with Crippen molar-refractivity contribution in [3.05, 3.63) is 22.3 Å². The summed E-state index contributed by atoms with van der Waals surface area (Å²) in [7, 11) is 0. The first-order chi connectivity index (χ1) is 9.67. The van der Waals surface area contributed by atoms with Crippen LogP contribution in [0, 0.1) is 18.3 Å². The lowest BCUT2D eigenvalue weighted by atomic mass is 10.1. The summed E-state index contributed by atoms with van der Waals surface area (Å²) in [5.74, 6) is 0. The molecule has 2 aromatic rings. The highest BCUT2D eigenvalue weighted by atomic mass is 32.2. The summed E-state index contributed by atoms with van der Waals surface area (Å²) in [4.78, 5) is 1.56. The van der Waals surface area contributed by atoms with E-state index in [-0.39, 0.29) is 0 Å². The Labute approximate surface area is 126 Å². The van der Waals surface area contributed by atoms with Crippen molar-refractivity contribution in [1.29, 1.82) is 5.26 Å². The molecule has 0 aromatic carbocycles. The van der Waals surface area contributed by atoms with Crippen LogP contribution >= 0.6 is 23.1 Å². The van der Waals surface area contributed by atoms with Gasteiger partial charge in [-0.25, -0.2) is 0 Å². The predicted molar refractivity (Wildman–Crippen MR) is 85.4 cm³/mol. The predicted octanol–water partition coefficient (Wildman–Crippen LogP) is 3.00. The molecular formula is C13H17N5S2. The lowest BCUT2D eigenvalue weighted by Gasteiger charge is -2.06. The van der Waals surface area contributed by atoms with E-state index in [0.717, 1.165) is 35.0 Å². The minimum Gasteiger partial charge on any atom is -0.396 e. The van der Waals surface area contributed by atoms with E-state index in [2.05, 4.69) is 21.6 Å². The number of nitrogens with two attached hydrogens (primary N) is 1. The Morgan fingerprint density at radius 2 is 2.40 bits per heavy atom. The molecule has 0 bridgehead atoms. The quantitative estimate of drug-likeness (QED) is 0.564. The van der Waals surface area contributed by atoms with Crippen molar-refractivity contribution in [3.8, 4) is 6.07 Å². The molecular weight excluding hydrogens is 290 g/mol. The number of thiophene rings is 1. The van der Waals surface area contributed by atoms with E-state index in [0.29, 0.717) is 10.6 Å². The lowest BCUT2D eigenvalue weighted by Crippen LogP contribution is -2.02. The summed E-state index contributed by atoms with van der Waals surface area (Å²) in [6.07, 6.45) is 5.84. The SMILES string of the molecule is CSc1c(NCCCc2cn[nH]c2C)sc(C#N)c1N. The third kappa shape index (κ3) is 3.08. The Bertz CT molecular complexity index is 623. The average molecular weight is 307 g/mol. The van der Waals surface area contributed by atoms with Gasteiger partial charge < -0.3 is 11.1 Å². The molecule has 7 heteroatoms. The highest BCUT2D eigenvalue weighted by molar-refractivity contribution is 7.99.